The third-order valence-electron chi connectivity index (χ3n) is 3.60. The van der Waals surface area contributed by atoms with E-state index < -0.39 is 14.6 Å². The van der Waals surface area contributed by atoms with Gasteiger partial charge in [0.2, 0.25) is 5.91 Å². The van der Waals surface area contributed by atoms with E-state index in [9.17, 15) is 13.2 Å². The second-order valence-electron chi connectivity index (χ2n) is 6.30. The number of carbonyl (C=O) groups excluding carboxylic acids is 1. The van der Waals surface area contributed by atoms with Crippen molar-refractivity contribution >= 4 is 28.2 Å². The zero-order valence-corrected chi connectivity index (χ0v) is 14.4. The number of hydrogen-bond acceptors (Lipinski definition) is 4. The largest absolute Gasteiger partial charge is 0.355 e. The van der Waals surface area contributed by atoms with Gasteiger partial charge in [-0.15, -0.1) is 12.4 Å². The SMILES string of the molecule is C[C@H]1C[C@@H](C(=O)NCCS(=O)(=O)C(C)(C)C)CCN1.Cl. The summed E-state index contributed by atoms with van der Waals surface area (Å²) in [5, 5.41) is 6.05. The zero-order chi connectivity index (χ0) is 14.7. The van der Waals surface area contributed by atoms with Crippen molar-refractivity contribution in [2.24, 2.45) is 5.92 Å². The summed E-state index contributed by atoms with van der Waals surface area (Å²) >= 11 is 0. The first-order valence-corrected chi connectivity index (χ1v) is 8.52. The number of nitrogens with one attached hydrogen (secondary N) is 2. The lowest BCUT2D eigenvalue weighted by Crippen LogP contribution is -2.44. The highest BCUT2D eigenvalue weighted by molar-refractivity contribution is 7.92. The maximum Gasteiger partial charge on any atom is 0.223 e. The molecular weight excluding hydrogens is 300 g/mol. The fraction of sp³-hybridized carbons (Fsp3) is 0.923. The zero-order valence-electron chi connectivity index (χ0n) is 12.7. The molecule has 0 saturated carbocycles. The van der Waals surface area contributed by atoms with E-state index in [0.717, 1.165) is 19.4 Å². The Labute approximate surface area is 128 Å². The van der Waals surface area contributed by atoms with Crippen molar-refractivity contribution in [3.8, 4) is 0 Å². The summed E-state index contributed by atoms with van der Waals surface area (Å²) in [5.74, 6) is -0.00555. The molecule has 0 aromatic heterocycles. The molecule has 0 bridgehead atoms. The van der Waals surface area contributed by atoms with E-state index in [1.54, 1.807) is 20.8 Å². The van der Waals surface area contributed by atoms with E-state index in [1.807, 2.05) is 0 Å². The maximum absolute atomic E-state index is 11.9. The van der Waals surface area contributed by atoms with E-state index in [2.05, 4.69) is 17.6 Å². The number of sulfone groups is 1. The second kappa shape index (κ2) is 7.61. The van der Waals surface area contributed by atoms with Crippen LogP contribution in [0, 0.1) is 5.92 Å². The molecule has 1 amide bonds. The molecule has 1 heterocycles. The van der Waals surface area contributed by atoms with Crippen LogP contribution in [0.25, 0.3) is 0 Å². The standard InChI is InChI=1S/C13H26N2O3S.ClH/c1-10-9-11(5-6-14-10)12(16)15-7-8-19(17,18)13(2,3)4;/h10-11,14H,5-9H2,1-4H3,(H,15,16);1H/t10-,11-;/m0./s1. The fourth-order valence-corrected chi connectivity index (χ4v) is 3.11. The first-order chi connectivity index (χ1) is 8.63. The highest BCUT2D eigenvalue weighted by atomic mass is 35.5. The fourth-order valence-electron chi connectivity index (χ4n) is 2.13. The molecule has 0 unspecified atom stereocenters. The number of carbonyl (C=O) groups is 1. The van der Waals surface area contributed by atoms with Gasteiger partial charge >= 0.3 is 0 Å². The number of piperidine rings is 1. The van der Waals surface area contributed by atoms with E-state index in [-0.39, 0.29) is 36.5 Å². The topological polar surface area (TPSA) is 75.3 Å². The van der Waals surface area contributed by atoms with E-state index in [4.69, 9.17) is 0 Å². The molecule has 0 aromatic carbocycles. The second-order valence-corrected chi connectivity index (χ2v) is 9.16. The highest BCUT2D eigenvalue weighted by Crippen LogP contribution is 2.17. The Morgan fingerprint density at radius 1 is 1.35 bits per heavy atom. The third kappa shape index (κ3) is 5.58. The Balaban J connectivity index is 0.00000361. The summed E-state index contributed by atoms with van der Waals surface area (Å²) in [6.07, 6.45) is 1.64. The van der Waals surface area contributed by atoms with Gasteiger partial charge < -0.3 is 10.6 Å². The molecule has 0 aliphatic carbocycles. The van der Waals surface area contributed by atoms with Gasteiger partial charge in [0.05, 0.1) is 10.5 Å². The Morgan fingerprint density at radius 3 is 2.45 bits per heavy atom. The molecule has 5 nitrogen and oxygen atoms in total. The molecule has 0 spiro atoms. The Kier molecular flexibility index (Phi) is 7.49. The van der Waals surface area contributed by atoms with Gasteiger partial charge in [0.15, 0.2) is 9.84 Å². The molecule has 0 radical (unpaired) electrons. The summed E-state index contributed by atoms with van der Waals surface area (Å²) in [4.78, 5) is 11.9. The first-order valence-electron chi connectivity index (χ1n) is 6.87. The minimum absolute atomic E-state index is 0. The molecule has 2 N–H and O–H groups in total. The van der Waals surface area contributed by atoms with Crippen LogP contribution in [0.1, 0.15) is 40.5 Å². The van der Waals surface area contributed by atoms with Crippen molar-refractivity contribution in [1.82, 2.24) is 10.6 Å². The van der Waals surface area contributed by atoms with Crippen molar-refractivity contribution in [3.05, 3.63) is 0 Å². The maximum atomic E-state index is 11.9. The Morgan fingerprint density at radius 2 is 1.95 bits per heavy atom. The van der Waals surface area contributed by atoms with Gasteiger partial charge in [-0.25, -0.2) is 8.42 Å². The van der Waals surface area contributed by atoms with Crippen molar-refractivity contribution in [2.45, 2.75) is 51.3 Å². The summed E-state index contributed by atoms with van der Waals surface area (Å²) in [6, 6.07) is 0.350. The van der Waals surface area contributed by atoms with E-state index >= 15 is 0 Å². The molecule has 120 valence electrons. The smallest absolute Gasteiger partial charge is 0.223 e. The van der Waals surface area contributed by atoms with Crippen LogP contribution >= 0.6 is 12.4 Å². The lowest BCUT2D eigenvalue weighted by Gasteiger charge is -2.27. The average Bonchev–Trinajstić information content (AvgIpc) is 2.27. The van der Waals surface area contributed by atoms with Crippen LogP contribution in [0.15, 0.2) is 0 Å². The molecular formula is C13H27ClN2O3S. The lowest BCUT2D eigenvalue weighted by molar-refractivity contribution is -0.125. The molecule has 2 atom stereocenters. The number of halogens is 1. The van der Waals surface area contributed by atoms with Crippen molar-refractivity contribution in [2.75, 3.05) is 18.8 Å². The van der Waals surface area contributed by atoms with E-state index in [0.29, 0.717) is 6.04 Å². The van der Waals surface area contributed by atoms with Crippen molar-refractivity contribution in [3.63, 3.8) is 0 Å². The Hall–Kier alpha value is -0.330. The van der Waals surface area contributed by atoms with Crippen LogP contribution in [0.5, 0.6) is 0 Å². The molecule has 20 heavy (non-hydrogen) atoms. The van der Waals surface area contributed by atoms with Gasteiger partial charge in [-0.2, -0.15) is 0 Å². The molecule has 1 saturated heterocycles. The van der Waals surface area contributed by atoms with Crippen molar-refractivity contribution < 1.29 is 13.2 Å². The lowest BCUT2D eigenvalue weighted by atomic mass is 9.92. The summed E-state index contributed by atoms with van der Waals surface area (Å²) in [7, 11) is -3.16. The molecule has 1 aliphatic rings. The molecule has 1 aliphatic heterocycles. The quantitative estimate of drug-likeness (QED) is 0.812. The molecule has 0 aromatic rings. The van der Waals surface area contributed by atoms with Crippen LogP contribution in [0.4, 0.5) is 0 Å². The first kappa shape index (κ1) is 19.7. The van der Waals surface area contributed by atoms with E-state index in [1.165, 1.54) is 0 Å². The number of hydrogen-bond donors (Lipinski definition) is 2. The molecule has 7 heteroatoms. The van der Waals surface area contributed by atoms with Crippen LogP contribution in [-0.2, 0) is 14.6 Å². The predicted molar refractivity (Wildman–Crippen MR) is 84.0 cm³/mol. The average molecular weight is 327 g/mol. The third-order valence-corrected chi connectivity index (χ3v) is 6.21. The van der Waals surface area contributed by atoms with Crippen LogP contribution < -0.4 is 10.6 Å². The van der Waals surface area contributed by atoms with Gasteiger partial charge in [-0.05, 0) is 47.1 Å². The molecule has 1 fully saturated rings. The number of rotatable bonds is 4. The summed E-state index contributed by atoms with van der Waals surface area (Å²) in [5.41, 5.74) is 0. The van der Waals surface area contributed by atoms with Gasteiger partial charge in [0.25, 0.3) is 0 Å². The van der Waals surface area contributed by atoms with Crippen LogP contribution in [0.3, 0.4) is 0 Å². The predicted octanol–water partition coefficient (Wildman–Crippen LogP) is 1.13. The highest BCUT2D eigenvalue weighted by Gasteiger charge is 2.29. The normalized spacial score (nSPS) is 23.8. The monoisotopic (exact) mass is 326 g/mol. The summed E-state index contributed by atoms with van der Waals surface area (Å²) in [6.45, 7) is 8.15. The van der Waals surface area contributed by atoms with Gasteiger partial charge in [0, 0.05) is 18.5 Å². The van der Waals surface area contributed by atoms with Crippen molar-refractivity contribution in [1.29, 1.82) is 0 Å². The van der Waals surface area contributed by atoms with Crippen LogP contribution in [-0.4, -0.2) is 44.0 Å². The Bertz CT molecular complexity index is 418. The van der Waals surface area contributed by atoms with Crippen LogP contribution in [0.2, 0.25) is 0 Å². The van der Waals surface area contributed by atoms with Gasteiger partial charge in [0.1, 0.15) is 0 Å². The number of amides is 1. The minimum atomic E-state index is -3.16. The van der Waals surface area contributed by atoms with Gasteiger partial charge in [-0.1, -0.05) is 0 Å². The van der Waals surface area contributed by atoms with Gasteiger partial charge in [-0.3, -0.25) is 4.79 Å². The minimum Gasteiger partial charge on any atom is -0.355 e. The summed E-state index contributed by atoms with van der Waals surface area (Å²) < 4.78 is 23.0. The molecule has 1 rings (SSSR count).